The number of likely N-dealkylation sites (N-methyl/N-ethyl adjacent to an activating group) is 1. The molecule has 1 aliphatic heterocycles. The van der Waals surface area contributed by atoms with Crippen LogP contribution in [0.25, 0.3) is 22.3 Å². The largest absolute Gasteiger partial charge is 0.496 e. The number of aromatic nitrogens is 3. The summed E-state index contributed by atoms with van der Waals surface area (Å²) in [6, 6.07) is 14.4. The van der Waals surface area contributed by atoms with Crippen LogP contribution in [0, 0.1) is 12.7 Å². The van der Waals surface area contributed by atoms with Gasteiger partial charge >= 0.3 is 0 Å². The van der Waals surface area contributed by atoms with E-state index in [4.69, 9.17) is 9.72 Å². The van der Waals surface area contributed by atoms with E-state index in [9.17, 15) is 9.90 Å². The van der Waals surface area contributed by atoms with Crippen LogP contribution < -0.4 is 15.0 Å². The fraction of sp³-hybridized carbons (Fsp3) is 0.424. The first-order valence-corrected chi connectivity index (χ1v) is 14.9. The Labute approximate surface area is 258 Å². The van der Waals surface area contributed by atoms with Crippen molar-refractivity contribution < 1.29 is 19.0 Å². The second-order valence-electron chi connectivity index (χ2n) is 12.3. The zero-order valence-corrected chi connectivity index (χ0v) is 26.4. The first-order valence-electron chi connectivity index (χ1n) is 14.9. The SMILES string of the molecule is COc1ccccc1-c1nc(C)cc(C(=O)Nc2nc3ccc(N4CCN(CCN(C)C)CC4)cc3n2CC(C)(C)O)c1F. The minimum Gasteiger partial charge on any atom is -0.496 e. The molecule has 0 radical (unpaired) electrons. The van der Waals surface area contributed by atoms with Crippen LogP contribution in [0.4, 0.5) is 16.0 Å². The monoisotopic (exact) mass is 603 g/mol. The second-order valence-corrected chi connectivity index (χ2v) is 12.3. The Morgan fingerprint density at radius 3 is 2.50 bits per heavy atom. The molecule has 1 saturated heterocycles. The van der Waals surface area contributed by atoms with E-state index in [1.54, 1.807) is 49.6 Å². The molecule has 0 bridgehead atoms. The van der Waals surface area contributed by atoms with Crippen LogP contribution in [-0.4, -0.2) is 101 Å². The van der Waals surface area contributed by atoms with Crippen LogP contribution in [0.1, 0.15) is 29.9 Å². The number of anilines is 2. The number of carbonyl (C=O) groups excluding carboxylic acids is 1. The van der Waals surface area contributed by atoms with Crippen LogP contribution in [0.15, 0.2) is 48.5 Å². The number of aliphatic hydroxyl groups is 1. The van der Waals surface area contributed by atoms with Crippen molar-refractivity contribution in [2.45, 2.75) is 32.9 Å². The topological polar surface area (TPSA) is 99.0 Å². The maximum atomic E-state index is 15.9. The van der Waals surface area contributed by atoms with Crippen molar-refractivity contribution in [1.82, 2.24) is 24.3 Å². The summed E-state index contributed by atoms with van der Waals surface area (Å²) in [5, 5.41) is 13.6. The van der Waals surface area contributed by atoms with E-state index >= 15 is 4.39 Å². The molecule has 2 aromatic heterocycles. The summed E-state index contributed by atoms with van der Waals surface area (Å²) in [7, 11) is 5.69. The number of benzene rings is 2. The smallest absolute Gasteiger partial charge is 0.261 e. The van der Waals surface area contributed by atoms with Gasteiger partial charge in [-0.05, 0) is 71.3 Å². The van der Waals surface area contributed by atoms with E-state index in [1.807, 2.05) is 12.1 Å². The highest BCUT2D eigenvalue weighted by molar-refractivity contribution is 6.05. The van der Waals surface area contributed by atoms with Crippen molar-refractivity contribution in [3.63, 3.8) is 0 Å². The second kappa shape index (κ2) is 12.9. The summed E-state index contributed by atoms with van der Waals surface area (Å²) >= 11 is 0. The Morgan fingerprint density at radius 1 is 1.09 bits per heavy atom. The van der Waals surface area contributed by atoms with Gasteiger partial charge in [0.2, 0.25) is 5.95 Å². The number of halogens is 1. The van der Waals surface area contributed by atoms with Crippen molar-refractivity contribution in [1.29, 1.82) is 0 Å². The molecule has 44 heavy (non-hydrogen) atoms. The molecule has 10 nitrogen and oxygen atoms in total. The van der Waals surface area contributed by atoms with Gasteiger partial charge < -0.3 is 24.2 Å². The fourth-order valence-electron chi connectivity index (χ4n) is 5.53. The molecule has 1 fully saturated rings. The van der Waals surface area contributed by atoms with Gasteiger partial charge in [-0.1, -0.05) is 12.1 Å². The van der Waals surface area contributed by atoms with Crippen molar-refractivity contribution in [3.05, 3.63) is 65.6 Å². The van der Waals surface area contributed by atoms with Crippen LogP contribution in [0.3, 0.4) is 0 Å². The molecule has 5 rings (SSSR count). The lowest BCUT2D eigenvalue weighted by Gasteiger charge is -2.36. The average molecular weight is 604 g/mol. The van der Waals surface area contributed by atoms with Gasteiger partial charge in [0, 0.05) is 56.2 Å². The van der Waals surface area contributed by atoms with Gasteiger partial charge in [0.15, 0.2) is 5.82 Å². The Balaban J connectivity index is 1.45. The van der Waals surface area contributed by atoms with E-state index in [-0.39, 0.29) is 23.8 Å². The number of ether oxygens (including phenoxy) is 1. The quantitative estimate of drug-likeness (QED) is 0.278. The number of para-hydroxylation sites is 1. The van der Waals surface area contributed by atoms with Crippen molar-refractivity contribution in [3.8, 4) is 17.0 Å². The minimum absolute atomic E-state index is 0.0315. The third kappa shape index (κ3) is 7.01. The molecular formula is C33H42FN7O3. The van der Waals surface area contributed by atoms with Crippen LogP contribution in [0.5, 0.6) is 5.75 Å². The standard InChI is InChI=1S/C33H42FN7O3/c1-22-19-25(29(34)30(35-22)24-9-7-8-10-28(24)44-6)31(42)37-32-36-26-12-11-23(20-27(26)41(32)21-33(2,3)43)40-17-15-39(16-18-40)14-13-38(4)5/h7-12,19-20,43H,13-18,21H2,1-6H3,(H,36,37,42). The molecule has 234 valence electrons. The number of nitrogens with zero attached hydrogens (tertiary/aromatic N) is 6. The van der Waals surface area contributed by atoms with E-state index in [0.29, 0.717) is 22.5 Å². The summed E-state index contributed by atoms with van der Waals surface area (Å²) in [6.45, 7) is 11.1. The number of carbonyl (C=O) groups is 1. The number of hydrogen-bond acceptors (Lipinski definition) is 8. The van der Waals surface area contributed by atoms with Crippen LogP contribution in [-0.2, 0) is 6.54 Å². The third-order valence-electron chi connectivity index (χ3n) is 7.80. The van der Waals surface area contributed by atoms with Crippen molar-refractivity contribution in [2.75, 3.05) is 70.7 Å². The van der Waals surface area contributed by atoms with Gasteiger partial charge in [0.1, 0.15) is 11.4 Å². The summed E-state index contributed by atoms with van der Waals surface area (Å²) < 4.78 is 23.1. The zero-order valence-electron chi connectivity index (χ0n) is 26.4. The molecule has 1 amide bonds. The number of piperazine rings is 1. The Morgan fingerprint density at radius 2 is 1.82 bits per heavy atom. The minimum atomic E-state index is -1.10. The maximum Gasteiger partial charge on any atom is 0.261 e. The van der Waals surface area contributed by atoms with Gasteiger partial charge in [-0.15, -0.1) is 0 Å². The Hall–Kier alpha value is -4.06. The fourth-order valence-corrected chi connectivity index (χ4v) is 5.53. The lowest BCUT2D eigenvalue weighted by molar-refractivity contribution is 0.0630. The lowest BCUT2D eigenvalue weighted by Crippen LogP contribution is -2.48. The van der Waals surface area contributed by atoms with E-state index in [1.165, 1.54) is 13.2 Å². The highest BCUT2D eigenvalue weighted by atomic mass is 19.1. The Kier molecular flexibility index (Phi) is 9.19. The van der Waals surface area contributed by atoms with Gasteiger partial charge in [-0.3, -0.25) is 15.0 Å². The molecule has 0 aliphatic carbocycles. The zero-order chi connectivity index (χ0) is 31.6. The van der Waals surface area contributed by atoms with Gasteiger partial charge in [0.05, 0.1) is 35.9 Å². The number of rotatable bonds is 10. The number of imidazole rings is 1. The molecule has 2 N–H and O–H groups in total. The summed E-state index contributed by atoms with van der Waals surface area (Å²) in [5.41, 5.74) is 2.19. The Bertz CT molecular complexity index is 1640. The summed E-state index contributed by atoms with van der Waals surface area (Å²) in [6.07, 6.45) is 0. The predicted molar refractivity (Wildman–Crippen MR) is 172 cm³/mol. The molecule has 2 aromatic carbocycles. The number of amides is 1. The molecule has 4 aromatic rings. The predicted octanol–water partition coefficient (Wildman–Crippen LogP) is 4.26. The molecule has 11 heteroatoms. The lowest BCUT2D eigenvalue weighted by atomic mass is 10.1. The highest BCUT2D eigenvalue weighted by Crippen LogP contribution is 2.33. The number of aryl methyl sites for hydroxylation is 1. The number of hydrogen-bond donors (Lipinski definition) is 2. The molecule has 0 atom stereocenters. The number of nitrogens with one attached hydrogen (secondary N) is 1. The maximum absolute atomic E-state index is 15.9. The van der Waals surface area contributed by atoms with E-state index in [0.717, 1.165) is 50.5 Å². The van der Waals surface area contributed by atoms with Gasteiger partial charge in [0.25, 0.3) is 5.91 Å². The average Bonchev–Trinajstić information content (AvgIpc) is 3.31. The first kappa shape index (κ1) is 31.4. The number of fused-ring (bicyclic) bond motifs is 1. The number of methoxy groups -OCH3 is 1. The molecule has 0 spiro atoms. The highest BCUT2D eigenvalue weighted by Gasteiger charge is 2.25. The molecular weight excluding hydrogens is 561 g/mol. The van der Waals surface area contributed by atoms with Crippen molar-refractivity contribution in [2.24, 2.45) is 0 Å². The van der Waals surface area contributed by atoms with E-state index < -0.39 is 17.3 Å². The van der Waals surface area contributed by atoms with Gasteiger partial charge in [-0.25, -0.2) is 14.4 Å². The van der Waals surface area contributed by atoms with E-state index in [2.05, 4.69) is 45.2 Å². The number of pyridine rings is 1. The molecule has 0 saturated carbocycles. The summed E-state index contributed by atoms with van der Waals surface area (Å²) in [5.74, 6) is -0.737. The van der Waals surface area contributed by atoms with Crippen LogP contribution >= 0.6 is 0 Å². The first-order chi connectivity index (χ1) is 20.9. The molecule has 1 aliphatic rings. The molecule has 3 heterocycles. The van der Waals surface area contributed by atoms with Crippen molar-refractivity contribution >= 4 is 28.6 Å². The van der Waals surface area contributed by atoms with Gasteiger partial charge in [-0.2, -0.15) is 0 Å². The van der Waals surface area contributed by atoms with Crippen LogP contribution in [0.2, 0.25) is 0 Å². The normalized spacial score (nSPS) is 14.4. The molecule has 0 unspecified atom stereocenters. The summed E-state index contributed by atoms with van der Waals surface area (Å²) in [4.78, 5) is 29.7. The third-order valence-corrected chi connectivity index (χ3v) is 7.80.